The molecule has 6 heteroatoms. The highest BCUT2D eigenvalue weighted by molar-refractivity contribution is 6.03. The highest BCUT2D eigenvalue weighted by atomic mass is 16.6. The monoisotopic (exact) mass is 380 g/mol. The Morgan fingerprint density at radius 1 is 1.11 bits per heavy atom. The Balaban J connectivity index is 1.79. The fourth-order valence-electron chi connectivity index (χ4n) is 3.35. The van der Waals surface area contributed by atoms with E-state index in [1.165, 1.54) is 0 Å². The van der Waals surface area contributed by atoms with E-state index in [9.17, 15) is 14.4 Å². The van der Waals surface area contributed by atoms with Crippen LogP contribution < -0.4 is 5.32 Å². The Morgan fingerprint density at radius 3 is 2.54 bits per heavy atom. The molecule has 2 aromatic rings. The summed E-state index contributed by atoms with van der Waals surface area (Å²) in [6.45, 7) is 6.66. The van der Waals surface area contributed by atoms with E-state index in [2.05, 4.69) is 5.32 Å². The average Bonchev–Trinajstić information content (AvgIpc) is 2.69. The molecule has 3 rings (SSSR count). The first kappa shape index (κ1) is 19.6. The summed E-state index contributed by atoms with van der Waals surface area (Å²) in [5.74, 6) is -1.03. The molecule has 1 atom stereocenters. The highest BCUT2D eigenvalue weighted by Crippen LogP contribution is 2.29. The molecular weight excluding hydrogens is 356 g/mol. The van der Waals surface area contributed by atoms with Crippen LogP contribution in [0.5, 0.6) is 0 Å². The number of carbonyl (C=O) groups is 3. The van der Waals surface area contributed by atoms with E-state index in [1.807, 2.05) is 26.0 Å². The van der Waals surface area contributed by atoms with Gasteiger partial charge in [0.15, 0.2) is 5.60 Å². The molecule has 28 heavy (non-hydrogen) atoms. The average molecular weight is 380 g/mol. The number of fused-ring (bicyclic) bond motifs is 1. The zero-order valence-electron chi connectivity index (χ0n) is 16.3. The van der Waals surface area contributed by atoms with E-state index in [1.54, 1.807) is 48.2 Å². The van der Waals surface area contributed by atoms with Gasteiger partial charge in [-0.05, 0) is 50.6 Å². The van der Waals surface area contributed by atoms with Gasteiger partial charge in [-0.1, -0.05) is 24.3 Å². The number of hydrogen-bond acceptors (Lipinski definition) is 4. The van der Waals surface area contributed by atoms with Gasteiger partial charge in [-0.2, -0.15) is 0 Å². The Morgan fingerprint density at radius 2 is 1.82 bits per heavy atom. The number of hydrogen-bond donors (Lipinski definition) is 1. The fourth-order valence-corrected chi connectivity index (χ4v) is 3.35. The Bertz CT molecular complexity index is 920. The lowest BCUT2D eigenvalue weighted by molar-refractivity contribution is -0.134. The smallest absolute Gasteiger partial charge is 0.339 e. The Kier molecular flexibility index (Phi) is 5.49. The van der Waals surface area contributed by atoms with Gasteiger partial charge in [0.05, 0.1) is 5.56 Å². The van der Waals surface area contributed by atoms with Crippen LogP contribution in [0.25, 0.3) is 0 Å². The van der Waals surface area contributed by atoms with E-state index >= 15 is 0 Å². The minimum Gasteiger partial charge on any atom is -0.445 e. The second-order valence-electron chi connectivity index (χ2n) is 6.97. The predicted octanol–water partition coefficient (Wildman–Crippen LogP) is 3.28. The van der Waals surface area contributed by atoms with Gasteiger partial charge in [0.25, 0.3) is 11.8 Å². The van der Waals surface area contributed by atoms with Crippen molar-refractivity contribution in [2.45, 2.75) is 32.8 Å². The Labute approximate surface area is 164 Å². The summed E-state index contributed by atoms with van der Waals surface area (Å²) in [6, 6.07) is 13.9. The van der Waals surface area contributed by atoms with Crippen molar-refractivity contribution in [3.63, 3.8) is 0 Å². The summed E-state index contributed by atoms with van der Waals surface area (Å²) < 4.78 is 5.46. The molecule has 0 bridgehead atoms. The van der Waals surface area contributed by atoms with Crippen LogP contribution in [0.4, 0.5) is 5.69 Å². The molecule has 0 fully saturated rings. The molecule has 0 saturated heterocycles. The molecule has 1 heterocycles. The SMILES string of the molecule is CCN(CC)C(=O)c1cccc(NC(=O)C2(C)Cc3ccccc3C(=O)O2)c1. The normalized spacial score (nSPS) is 18.0. The molecule has 6 nitrogen and oxygen atoms in total. The second-order valence-corrected chi connectivity index (χ2v) is 6.97. The van der Waals surface area contributed by atoms with Gasteiger partial charge in [0, 0.05) is 30.8 Å². The zero-order valence-corrected chi connectivity index (χ0v) is 16.3. The first-order valence-electron chi connectivity index (χ1n) is 9.40. The molecule has 0 aromatic heterocycles. The third-order valence-electron chi connectivity index (χ3n) is 4.98. The van der Waals surface area contributed by atoms with Crippen LogP contribution in [0.1, 0.15) is 47.1 Å². The molecule has 0 aliphatic carbocycles. The standard InChI is InChI=1S/C22H24N2O4/c1-4-24(5-2)19(25)15-10-8-11-17(13-15)23-21(27)22(3)14-16-9-6-7-12-18(16)20(26)28-22/h6-13H,4-5,14H2,1-3H3,(H,23,27). The van der Waals surface area contributed by atoms with E-state index < -0.39 is 17.5 Å². The van der Waals surface area contributed by atoms with E-state index in [-0.39, 0.29) is 5.91 Å². The maximum absolute atomic E-state index is 12.9. The summed E-state index contributed by atoms with van der Waals surface area (Å²) in [5.41, 5.74) is 0.933. The molecule has 0 radical (unpaired) electrons. The quantitative estimate of drug-likeness (QED) is 0.808. The fraction of sp³-hybridized carbons (Fsp3) is 0.318. The van der Waals surface area contributed by atoms with Gasteiger partial charge in [0.1, 0.15) is 0 Å². The molecular formula is C22H24N2O4. The second kappa shape index (κ2) is 7.84. The number of carbonyl (C=O) groups excluding carboxylic acids is 3. The lowest BCUT2D eigenvalue weighted by Gasteiger charge is -2.33. The summed E-state index contributed by atoms with van der Waals surface area (Å²) in [6.07, 6.45) is 0.290. The number of benzene rings is 2. The number of esters is 1. The van der Waals surface area contributed by atoms with Gasteiger partial charge in [-0.3, -0.25) is 9.59 Å². The number of cyclic esters (lactones) is 1. The van der Waals surface area contributed by atoms with Crippen LogP contribution in [-0.2, 0) is 16.0 Å². The van der Waals surface area contributed by atoms with E-state index in [0.29, 0.717) is 36.3 Å². The van der Waals surface area contributed by atoms with Gasteiger partial charge in [-0.15, -0.1) is 0 Å². The maximum Gasteiger partial charge on any atom is 0.339 e. The van der Waals surface area contributed by atoms with Crippen molar-refractivity contribution in [2.75, 3.05) is 18.4 Å². The number of rotatable bonds is 5. The van der Waals surface area contributed by atoms with Gasteiger partial charge in [0.2, 0.25) is 0 Å². The molecule has 2 amide bonds. The first-order chi connectivity index (χ1) is 13.4. The largest absolute Gasteiger partial charge is 0.445 e. The number of ether oxygens (including phenoxy) is 1. The van der Waals surface area contributed by atoms with Crippen molar-refractivity contribution in [1.29, 1.82) is 0 Å². The summed E-state index contributed by atoms with van der Waals surface area (Å²) in [4.78, 5) is 39.4. The molecule has 2 aromatic carbocycles. The number of anilines is 1. The van der Waals surface area contributed by atoms with E-state index in [4.69, 9.17) is 4.74 Å². The summed E-state index contributed by atoms with van der Waals surface area (Å²) in [7, 11) is 0. The minimum atomic E-state index is -1.32. The summed E-state index contributed by atoms with van der Waals surface area (Å²) >= 11 is 0. The topological polar surface area (TPSA) is 75.7 Å². The Hall–Kier alpha value is -3.15. The lowest BCUT2D eigenvalue weighted by atomic mass is 9.89. The number of nitrogens with zero attached hydrogens (tertiary/aromatic N) is 1. The van der Waals surface area contributed by atoms with Crippen molar-refractivity contribution >= 4 is 23.5 Å². The predicted molar refractivity (Wildman–Crippen MR) is 106 cm³/mol. The molecule has 0 saturated carbocycles. The molecule has 146 valence electrons. The van der Waals surface area contributed by atoms with Crippen molar-refractivity contribution in [1.82, 2.24) is 4.90 Å². The highest BCUT2D eigenvalue weighted by Gasteiger charge is 2.42. The maximum atomic E-state index is 12.9. The van der Waals surface area contributed by atoms with Gasteiger partial charge >= 0.3 is 5.97 Å². The van der Waals surface area contributed by atoms with Crippen LogP contribution >= 0.6 is 0 Å². The lowest BCUT2D eigenvalue weighted by Crippen LogP contribution is -2.48. The van der Waals surface area contributed by atoms with Gasteiger partial charge in [-0.25, -0.2) is 4.79 Å². The molecule has 1 aliphatic rings. The van der Waals surface area contributed by atoms with Crippen molar-refractivity contribution in [3.8, 4) is 0 Å². The first-order valence-corrected chi connectivity index (χ1v) is 9.40. The van der Waals surface area contributed by atoms with Crippen LogP contribution in [0.15, 0.2) is 48.5 Å². The van der Waals surface area contributed by atoms with Crippen LogP contribution in [0.3, 0.4) is 0 Å². The van der Waals surface area contributed by atoms with Crippen molar-refractivity contribution in [3.05, 3.63) is 65.2 Å². The minimum absolute atomic E-state index is 0.0923. The van der Waals surface area contributed by atoms with Crippen molar-refractivity contribution < 1.29 is 19.1 Å². The van der Waals surface area contributed by atoms with E-state index in [0.717, 1.165) is 5.56 Å². The molecule has 1 N–H and O–H groups in total. The van der Waals surface area contributed by atoms with Crippen molar-refractivity contribution in [2.24, 2.45) is 0 Å². The zero-order chi connectivity index (χ0) is 20.3. The molecule has 0 spiro atoms. The summed E-state index contributed by atoms with van der Waals surface area (Å²) in [5, 5.41) is 2.79. The third-order valence-corrected chi connectivity index (χ3v) is 4.98. The number of nitrogens with one attached hydrogen (secondary N) is 1. The van der Waals surface area contributed by atoms with Crippen LogP contribution in [0, 0.1) is 0 Å². The van der Waals surface area contributed by atoms with Crippen LogP contribution in [-0.4, -0.2) is 41.4 Å². The van der Waals surface area contributed by atoms with Gasteiger partial charge < -0.3 is 15.0 Å². The number of amides is 2. The third kappa shape index (κ3) is 3.76. The van der Waals surface area contributed by atoms with Crippen LogP contribution in [0.2, 0.25) is 0 Å². The molecule has 1 aliphatic heterocycles. The molecule has 1 unspecified atom stereocenters.